The van der Waals surface area contributed by atoms with Crippen LogP contribution in [0.15, 0.2) is 110 Å². The summed E-state index contributed by atoms with van der Waals surface area (Å²) in [7, 11) is -17.2. The van der Waals surface area contributed by atoms with E-state index in [1.54, 1.807) is 24.8 Å². The fraction of sp³-hybridized carbons (Fsp3) is 0.0741. The normalized spacial score (nSPS) is 14.4. The Morgan fingerprint density at radius 2 is 0.787 bits per heavy atom. The molecule has 0 radical (unpaired) electrons. The third kappa shape index (κ3) is 16.1. The number of rotatable bonds is 5. The molecular weight excluding hydrogens is 698 g/mol. The summed E-state index contributed by atoms with van der Waals surface area (Å²) in [5.74, 6) is 1.51. The molecule has 0 aliphatic carbocycles. The molecule has 0 unspecified atom stereocenters. The maximum absolute atomic E-state index is 10.7. The second kappa shape index (κ2) is 11.7. The quantitative estimate of drug-likeness (QED) is 0.103. The Morgan fingerprint density at radius 1 is 0.468 bits per heavy atom. The fourth-order valence-electron chi connectivity index (χ4n) is 3.63. The van der Waals surface area contributed by atoms with Crippen molar-refractivity contribution in [3.05, 3.63) is 110 Å². The predicted molar refractivity (Wildman–Crippen MR) is 155 cm³/mol. The van der Waals surface area contributed by atoms with Gasteiger partial charge in [0.25, 0.3) is 0 Å². The molecular formula is C27H24F12N6P2. The van der Waals surface area contributed by atoms with Gasteiger partial charge in [-0.15, -0.1) is 0 Å². The number of nitrogens with zero attached hydrogens (tertiary/aromatic N) is 6. The molecule has 0 saturated heterocycles. The molecule has 0 saturated carbocycles. The summed E-state index contributed by atoms with van der Waals surface area (Å²) >= 11 is 0. The van der Waals surface area contributed by atoms with Gasteiger partial charge in [0.2, 0.25) is 0 Å². The van der Waals surface area contributed by atoms with E-state index in [1.165, 1.54) is 11.3 Å². The van der Waals surface area contributed by atoms with E-state index in [1.807, 2.05) is 60.1 Å². The van der Waals surface area contributed by atoms with Crippen molar-refractivity contribution in [2.24, 2.45) is 0 Å². The van der Waals surface area contributed by atoms with Crippen molar-refractivity contribution in [1.82, 2.24) is 15.0 Å². The average molecular weight is 722 g/mol. The average Bonchev–Trinajstić information content (AvgIpc) is 2.95. The molecule has 0 atom stereocenters. The molecule has 0 amide bonds. The van der Waals surface area contributed by atoms with Gasteiger partial charge in [0.05, 0.1) is 24.8 Å². The number of pyridine rings is 3. The Labute approximate surface area is 259 Å². The summed E-state index contributed by atoms with van der Waals surface area (Å²) in [6.07, 6.45) is 15.1. The molecule has 6 nitrogen and oxygen atoms in total. The van der Waals surface area contributed by atoms with Gasteiger partial charge in [-0.1, -0.05) is 12.1 Å². The second-order valence-corrected chi connectivity index (χ2v) is 13.7. The number of hydrogen-bond acceptors (Lipinski definition) is 4. The van der Waals surface area contributed by atoms with Crippen molar-refractivity contribution in [2.75, 3.05) is 19.0 Å². The number of benzene rings is 1. The Hall–Kier alpha value is -4.43. The molecule has 47 heavy (non-hydrogen) atoms. The van der Waals surface area contributed by atoms with Crippen LogP contribution in [-0.4, -0.2) is 29.0 Å². The Morgan fingerprint density at radius 3 is 1.13 bits per heavy atom. The molecule has 0 fully saturated rings. The molecule has 4 aromatic heterocycles. The van der Waals surface area contributed by atoms with Crippen LogP contribution in [0.4, 0.5) is 56.1 Å². The van der Waals surface area contributed by atoms with Gasteiger partial charge in [-0.25, -0.2) is 14.1 Å². The van der Waals surface area contributed by atoms with Gasteiger partial charge in [-0.3, -0.25) is 4.98 Å². The zero-order chi connectivity index (χ0) is 35.4. The van der Waals surface area contributed by atoms with Crippen LogP contribution in [0.5, 0.6) is 0 Å². The molecule has 1 aromatic carbocycles. The summed E-state index contributed by atoms with van der Waals surface area (Å²) in [5, 5.41) is 0. The van der Waals surface area contributed by atoms with E-state index in [9.17, 15) is 50.4 Å². The zero-order valence-corrected chi connectivity index (χ0v) is 25.8. The summed E-state index contributed by atoms with van der Waals surface area (Å²) in [4.78, 5) is 15.4. The molecule has 5 rings (SSSR count). The number of halogens is 12. The van der Waals surface area contributed by atoms with Crippen molar-refractivity contribution < 1.29 is 59.5 Å². The van der Waals surface area contributed by atoms with Crippen LogP contribution in [0, 0.1) is 0 Å². The second-order valence-electron chi connectivity index (χ2n) is 9.82. The fourth-order valence-corrected chi connectivity index (χ4v) is 3.63. The molecule has 0 spiro atoms. The monoisotopic (exact) mass is 722 g/mol. The number of aromatic nitrogens is 5. The first-order valence-corrected chi connectivity index (χ1v) is 16.8. The minimum absolute atomic E-state index is 0.754. The molecule has 5 aromatic rings. The summed E-state index contributed by atoms with van der Waals surface area (Å²) < 4.78 is 122. The first-order chi connectivity index (χ1) is 21.1. The SMILES string of the molecule is CN(C)c1ccc(-c2cc[n+](-c3cncc(-[n+]4ccc(-c5ccncc5)cc4)n3)cc2)cc1.F[P-](F)(F)(F)(F)F.F[P-](F)(F)(F)(F)F. The van der Waals surface area contributed by atoms with Crippen LogP contribution in [0.3, 0.4) is 0 Å². The van der Waals surface area contributed by atoms with Gasteiger partial charge < -0.3 is 4.90 Å². The van der Waals surface area contributed by atoms with E-state index in [0.717, 1.165) is 28.3 Å². The van der Waals surface area contributed by atoms with Crippen LogP contribution < -0.4 is 14.0 Å². The van der Waals surface area contributed by atoms with Crippen molar-refractivity contribution in [2.45, 2.75) is 0 Å². The standard InChI is InChI=1S/C27H24N6.2F6P/c1-31(2)25-5-3-21(4-6-25)23-9-15-32(16-10-23)26-19-29-20-27(30-26)33-17-11-24(12-18-33)22-7-13-28-14-8-22;2*1-7(2,3,4,5)6/h3-20H,1-2H3;;/q+2;2*-1. The van der Waals surface area contributed by atoms with Crippen molar-refractivity contribution in [3.8, 4) is 33.9 Å². The third-order valence-corrected chi connectivity index (χ3v) is 5.53. The van der Waals surface area contributed by atoms with Crippen molar-refractivity contribution in [1.29, 1.82) is 0 Å². The van der Waals surface area contributed by atoms with Gasteiger partial charge in [0, 0.05) is 37.2 Å². The Bertz CT molecular complexity index is 1750. The Balaban J connectivity index is 0.000000360. The van der Waals surface area contributed by atoms with Crippen LogP contribution in [-0.2, 0) is 0 Å². The van der Waals surface area contributed by atoms with E-state index >= 15 is 0 Å². The number of hydrogen-bond donors (Lipinski definition) is 0. The molecule has 0 N–H and O–H groups in total. The van der Waals surface area contributed by atoms with E-state index < -0.39 is 15.6 Å². The van der Waals surface area contributed by atoms with Gasteiger partial charge in [0.1, 0.15) is 12.4 Å². The third-order valence-electron chi connectivity index (χ3n) is 5.53. The van der Waals surface area contributed by atoms with Gasteiger partial charge in [-0.05, 0) is 70.8 Å². The minimum atomic E-state index is -10.7. The molecule has 4 heterocycles. The molecule has 0 aliphatic rings. The number of anilines is 1. The molecule has 0 aliphatic heterocycles. The summed E-state index contributed by atoms with van der Waals surface area (Å²) in [6, 6.07) is 20.8. The molecule has 256 valence electrons. The van der Waals surface area contributed by atoms with E-state index in [2.05, 4.69) is 63.4 Å². The molecule has 0 bridgehead atoms. The van der Waals surface area contributed by atoms with Gasteiger partial charge in [-0.2, -0.15) is 0 Å². The first kappa shape index (κ1) is 37.0. The van der Waals surface area contributed by atoms with Crippen LogP contribution >= 0.6 is 15.6 Å². The van der Waals surface area contributed by atoms with Crippen molar-refractivity contribution in [3.63, 3.8) is 0 Å². The van der Waals surface area contributed by atoms with E-state index in [4.69, 9.17) is 4.98 Å². The van der Waals surface area contributed by atoms with Crippen LogP contribution in [0.25, 0.3) is 33.9 Å². The topological polar surface area (TPSA) is 49.7 Å². The molecule has 20 heteroatoms. The van der Waals surface area contributed by atoms with Gasteiger partial charge >= 0.3 is 77.6 Å². The van der Waals surface area contributed by atoms with Crippen LogP contribution in [0.2, 0.25) is 0 Å². The maximum atomic E-state index is 9.87. The predicted octanol–water partition coefficient (Wildman–Crippen LogP) is 10.6. The van der Waals surface area contributed by atoms with Gasteiger partial charge in [0.15, 0.2) is 0 Å². The zero-order valence-electron chi connectivity index (χ0n) is 24.0. The van der Waals surface area contributed by atoms with Crippen LogP contribution in [0.1, 0.15) is 0 Å². The Kier molecular flexibility index (Phi) is 9.20. The summed E-state index contributed by atoms with van der Waals surface area (Å²) in [5.41, 5.74) is 5.77. The van der Waals surface area contributed by atoms with E-state index in [-0.39, 0.29) is 0 Å². The summed E-state index contributed by atoms with van der Waals surface area (Å²) in [6.45, 7) is 0. The van der Waals surface area contributed by atoms with Crippen molar-refractivity contribution >= 4 is 21.3 Å². The first-order valence-electron chi connectivity index (χ1n) is 12.7. The van der Waals surface area contributed by atoms with E-state index in [0.29, 0.717) is 0 Å².